The summed E-state index contributed by atoms with van der Waals surface area (Å²) >= 11 is 6.31. The Balaban J connectivity index is 1.92. The number of rotatable bonds is 3. The Bertz CT molecular complexity index is 1010. The summed E-state index contributed by atoms with van der Waals surface area (Å²) in [6.45, 7) is 0. The number of benzene rings is 2. The van der Waals surface area contributed by atoms with Crippen LogP contribution in [0.25, 0.3) is 33.9 Å². The van der Waals surface area contributed by atoms with Crippen LogP contribution in [0.5, 0.6) is 0 Å². The lowest BCUT2D eigenvalue weighted by atomic mass is 10.1. The molecule has 0 aliphatic rings. The Labute approximate surface area is 149 Å². The first-order chi connectivity index (χ1) is 12.2. The van der Waals surface area contributed by atoms with Gasteiger partial charge in [0.2, 0.25) is 0 Å². The fourth-order valence-corrected chi connectivity index (χ4v) is 2.92. The van der Waals surface area contributed by atoms with Crippen LogP contribution in [0.15, 0.2) is 73.1 Å². The Kier molecular flexibility index (Phi) is 4.04. The van der Waals surface area contributed by atoms with Gasteiger partial charge in [0.25, 0.3) is 0 Å². The SMILES string of the molecule is Fc1ccc(-c2nc(-c3ccccc3Cl)[nH]c2-c2ccncc2)cc1. The molecule has 2 heterocycles. The van der Waals surface area contributed by atoms with Crippen molar-refractivity contribution >= 4 is 11.6 Å². The van der Waals surface area contributed by atoms with E-state index in [4.69, 9.17) is 16.6 Å². The second-order valence-corrected chi connectivity index (χ2v) is 5.94. The Morgan fingerprint density at radius 2 is 1.56 bits per heavy atom. The third-order valence-electron chi connectivity index (χ3n) is 3.92. The topological polar surface area (TPSA) is 41.6 Å². The lowest BCUT2D eigenvalue weighted by Gasteiger charge is -2.02. The largest absolute Gasteiger partial charge is 0.337 e. The van der Waals surface area contributed by atoms with E-state index in [2.05, 4.69) is 9.97 Å². The summed E-state index contributed by atoms with van der Waals surface area (Å²) in [6.07, 6.45) is 3.44. The zero-order valence-corrected chi connectivity index (χ0v) is 13.8. The van der Waals surface area contributed by atoms with E-state index in [-0.39, 0.29) is 5.82 Å². The number of aromatic nitrogens is 3. The predicted molar refractivity (Wildman–Crippen MR) is 97.7 cm³/mol. The molecule has 122 valence electrons. The van der Waals surface area contributed by atoms with Crippen LogP contribution in [0.3, 0.4) is 0 Å². The van der Waals surface area contributed by atoms with Gasteiger partial charge in [-0.2, -0.15) is 0 Å². The molecule has 0 radical (unpaired) electrons. The molecule has 0 saturated heterocycles. The van der Waals surface area contributed by atoms with Gasteiger partial charge in [-0.15, -0.1) is 0 Å². The molecule has 0 fully saturated rings. The van der Waals surface area contributed by atoms with Gasteiger partial charge in [-0.25, -0.2) is 9.37 Å². The number of imidazole rings is 1. The molecule has 0 bridgehead atoms. The molecular formula is C20H13ClFN3. The molecule has 0 aliphatic carbocycles. The fraction of sp³-hybridized carbons (Fsp3) is 0. The van der Waals surface area contributed by atoms with Gasteiger partial charge in [-0.3, -0.25) is 4.98 Å². The van der Waals surface area contributed by atoms with Crippen molar-refractivity contribution in [2.24, 2.45) is 0 Å². The van der Waals surface area contributed by atoms with Gasteiger partial charge in [0.05, 0.1) is 16.4 Å². The summed E-state index contributed by atoms with van der Waals surface area (Å²) in [5, 5.41) is 0.614. The van der Waals surface area contributed by atoms with Crippen LogP contribution in [-0.4, -0.2) is 15.0 Å². The monoisotopic (exact) mass is 349 g/mol. The second-order valence-electron chi connectivity index (χ2n) is 5.53. The van der Waals surface area contributed by atoms with Crippen LogP contribution in [0.1, 0.15) is 0 Å². The Morgan fingerprint density at radius 3 is 2.28 bits per heavy atom. The van der Waals surface area contributed by atoms with Crippen molar-refractivity contribution in [3.8, 4) is 33.9 Å². The number of hydrogen-bond acceptors (Lipinski definition) is 2. The highest BCUT2D eigenvalue weighted by Crippen LogP contribution is 2.34. The number of nitrogens with one attached hydrogen (secondary N) is 1. The van der Waals surface area contributed by atoms with Crippen molar-refractivity contribution in [1.29, 1.82) is 0 Å². The van der Waals surface area contributed by atoms with Crippen molar-refractivity contribution in [2.45, 2.75) is 0 Å². The zero-order chi connectivity index (χ0) is 17.2. The fourth-order valence-electron chi connectivity index (χ4n) is 2.70. The van der Waals surface area contributed by atoms with Crippen molar-refractivity contribution in [3.63, 3.8) is 0 Å². The van der Waals surface area contributed by atoms with Gasteiger partial charge < -0.3 is 4.98 Å². The van der Waals surface area contributed by atoms with Crippen LogP contribution in [0, 0.1) is 5.82 Å². The minimum Gasteiger partial charge on any atom is -0.337 e. The number of pyridine rings is 1. The molecule has 3 nitrogen and oxygen atoms in total. The molecule has 4 rings (SSSR count). The van der Waals surface area contributed by atoms with E-state index < -0.39 is 0 Å². The highest BCUT2D eigenvalue weighted by Gasteiger charge is 2.16. The maximum absolute atomic E-state index is 13.3. The third kappa shape index (κ3) is 3.04. The standard InChI is InChI=1S/C20H13ClFN3/c21-17-4-2-1-3-16(17)20-24-18(13-5-7-15(22)8-6-13)19(25-20)14-9-11-23-12-10-14/h1-12H,(H,24,25). The molecular weight excluding hydrogens is 337 g/mol. The smallest absolute Gasteiger partial charge is 0.140 e. The van der Waals surface area contributed by atoms with Crippen LogP contribution in [0.2, 0.25) is 5.02 Å². The van der Waals surface area contributed by atoms with E-state index in [9.17, 15) is 4.39 Å². The second kappa shape index (κ2) is 6.49. The summed E-state index contributed by atoms with van der Waals surface area (Å²) in [5.41, 5.74) is 4.15. The highest BCUT2D eigenvalue weighted by molar-refractivity contribution is 6.33. The molecule has 2 aromatic heterocycles. The number of H-pyrrole nitrogens is 1. The molecule has 4 aromatic rings. The molecule has 1 N–H and O–H groups in total. The number of nitrogens with zero attached hydrogens (tertiary/aromatic N) is 2. The lowest BCUT2D eigenvalue weighted by Crippen LogP contribution is -1.84. The maximum atomic E-state index is 13.3. The zero-order valence-electron chi connectivity index (χ0n) is 13.1. The normalized spacial score (nSPS) is 10.8. The first kappa shape index (κ1) is 15.5. The minimum absolute atomic E-state index is 0.281. The lowest BCUT2D eigenvalue weighted by molar-refractivity contribution is 0.628. The van der Waals surface area contributed by atoms with E-state index in [0.717, 1.165) is 28.1 Å². The van der Waals surface area contributed by atoms with E-state index in [0.29, 0.717) is 10.8 Å². The van der Waals surface area contributed by atoms with Crippen LogP contribution in [0.4, 0.5) is 4.39 Å². The van der Waals surface area contributed by atoms with Gasteiger partial charge in [0.1, 0.15) is 11.6 Å². The van der Waals surface area contributed by atoms with Crippen molar-refractivity contribution in [2.75, 3.05) is 0 Å². The van der Waals surface area contributed by atoms with Crippen molar-refractivity contribution < 1.29 is 4.39 Å². The molecule has 0 unspecified atom stereocenters. The first-order valence-corrected chi connectivity index (χ1v) is 8.11. The van der Waals surface area contributed by atoms with Gasteiger partial charge in [-0.05, 0) is 48.5 Å². The van der Waals surface area contributed by atoms with Gasteiger partial charge in [0.15, 0.2) is 0 Å². The first-order valence-electron chi connectivity index (χ1n) is 7.73. The number of aromatic amines is 1. The summed E-state index contributed by atoms with van der Waals surface area (Å²) in [6, 6.07) is 17.6. The molecule has 0 atom stereocenters. The van der Waals surface area contributed by atoms with Crippen molar-refractivity contribution in [3.05, 3.63) is 83.9 Å². The molecule has 0 saturated carbocycles. The van der Waals surface area contributed by atoms with E-state index >= 15 is 0 Å². The summed E-state index contributed by atoms with van der Waals surface area (Å²) < 4.78 is 13.3. The Hall–Kier alpha value is -2.98. The predicted octanol–water partition coefficient (Wildman–Crippen LogP) is 5.60. The van der Waals surface area contributed by atoms with E-state index in [1.165, 1.54) is 12.1 Å². The van der Waals surface area contributed by atoms with E-state index in [1.807, 2.05) is 36.4 Å². The summed E-state index contributed by atoms with van der Waals surface area (Å²) in [5.74, 6) is 0.382. The van der Waals surface area contributed by atoms with E-state index in [1.54, 1.807) is 24.5 Å². The van der Waals surface area contributed by atoms with Crippen LogP contribution in [-0.2, 0) is 0 Å². The third-order valence-corrected chi connectivity index (χ3v) is 4.25. The van der Waals surface area contributed by atoms with Gasteiger partial charge in [0, 0.05) is 29.1 Å². The number of halogens is 2. The average Bonchev–Trinajstić information content (AvgIpc) is 3.08. The summed E-state index contributed by atoms with van der Waals surface area (Å²) in [4.78, 5) is 12.1. The van der Waals surface area contributed by atoms with Gasteiger partial charge in [-0.1, -0.05) is 23.7 Å². The average molecular weight is 350 g/mol. The molecule has 0 aliphatic heterocycles. The van der Waals surface area contributed by atoms with Gasteiger partial charge >= 0.3 is 0 Å². The van der Waals surface area contributed by atoms with Crippen molar-refractivity contribution in [1.82, 2.24) is 15.0 Å². The molecule has 25 heavy (non-hydrogen) atoms. The maximum Gasteiger partial charge on any atom is 0.140 e. The number of hydrogen-bond donors (Lipinski definition) is 1. The summed E-state index contributed by atoms with van der Waals surface area (Å²) in [7, 11) is 0. The molecule has 2 aromatic carbocycles. The van der Waals surface area contributed by atoms with Crippen LogP contribution < -0.4 is 0 Å². The highest BCUT2D eigenvalue weighted by atomic mass is 35.5. The Morgan fingerprint density at radius 1 is 0.840 bits per heavy atom. The van der Waals surface area contributed by atoms with Crippen LogP contribution >= 0.6 is 11.6 Å². The molecule has 0 amide bonds. The quantitative estimate of drug-likeness (QED) is 0.523. The molecule has 0 spiro atoms. The molecule has 5 heteroatoms. The minimum atomic E-state index is -0.281.